The summed E-state index contributed by atoms with van der Waals surface area (Å²) in [7, 11) is 0. The van der Waals surface area contributed by atoms with Gasteiger partial charge in [0.15, 0.2) is 0 Å². The molecule has 3 aliphatic rings. The molecule has 2 bridgehead atoms. The van der Waals surface area contributed by atoms with Crippen molar-refractivity contribution in [2.75, 3.05) is 0 Å². The molecule has 1 N–H and O–H groups in total. The smallest absolute Gasteiger partial charge is 0.309 e. The lowest BCUT2D eigenvalue weighted by atomic mass is 9.77. The number of fused-ring (bicyclic) bond motifs is 1. The molecule has 5 unspecified atom stereocenters. The summed E-state index contributed by atoms with van der Waals surface area (Å²) in [6, 6.07) is 0. The first-order valence-corrected chi connectivity index (χ1v) is 5.15. The van der Waals surface area contributed by atoms with Gasteiger partial charge in [-0.3, -0.25) is 4.79 Å². The van der Waals surface area contributed by atoms with Gasteiger partial charge in [-0.25, -0.2) is 0 Å². The summed E-state index contributed by atoms with van der Waals surface area (Å²) in [6.07, 6.45) is 0.208. The van der Waals surface area contributed by atoms with Gasteiger partial charge < -0.3 is 19.7 Å². The molecule has 0 aromatic rings. The maximum absolute atomic E-state index is 11.4. The Labute approximate surface area is 86.0 Å². The van der Waals surface area contributed by atoms with Crippen LogP contribution in [0.1, 0.15) is 19.3 Å². The van der Waals surface area contributed by atoms with Gasteiger partial charge >= 0.3 is 5.97 Å². The van der Waals surface area contributed by atoms with Crippen LogP contribution in [0.4, 0.5) is 0 Å². The average Bonchev–Trinajstić information content (AvgIpc) is 2.68. The SMILES string of the molecule is O=C([O-])CC1(O)C2CC3C(=O)OC1C3C2. The molecule has 0 spiro atoms. The van der Waals surface area contributed by atoms with Crippen molar-refractivity contribution in [1.82, 2.24) is 0 Å². The van der Waals surface area contributed by atoms with Crippen molar-refractivity contribution in [2.24, 2.45) is 17.8 Å². The van der Waals surface area contributed by atoms with Gasteiger partial charge in [0.1, 0.15) is 11.7 Å². The zero-order chi connectivity index (χ0) is 10.8. The quantitative estimate of drug-likeness (QED) is 0.558. The summed E-state index contributed by atoms with van der Waals surface area (Å²) >= 11 is 0. The van der Waals surface area contributed by atoms with E-state index < -0.39 is 24.1 Å². The van der Waals surface area contributed by atoms with E-state index in [0.717, 1.165) is 0 Å². The Balaban J connectivity index is 1.94. The van der Waals surface area contributed by atoms with Crippen molar-refractivity contribution in [3.63, 3.8) is 0 Å². The largest absolute Gasteiger partial charge is 0.550 e. The molecule has 5 nitrogen and oxygen atoms in total. The molecule has 82 valence electrons. The molecule has 2 aliphatic carbocycles. The summed E-state index contributed by atoms with van der Waals surface area (Å²) in [5.41, 5.74) is -1.38. The van der Waals surface area contributed by atoms with E-state index in [9.17, 15) is 19.8 Å². The van der Waals surface area contributed by atoms with Crippen LogP contribution in [0.25, 0.3) is 0 Å². The molecule has 5 atom stereocenters. The maximum Gasteiger partial charge on any atom is 0.309 e. The molecule has 0 aromatic carbocycles. The lowest BCUT2D eigenvalue weighted by Crippen LogP contribution is -2.50. The van der Waals surface area contributed by atoms with Gasteiger partial charge in [-0.2, -0.15) is 0 Å². The highest BCUT2D eigenvalue weighted by Gasteiger charge is 2.68. The second-order valence-corrected chi connectivity index (χ2v) is 4.84. The summed E-state index contributed by atoms with van der Waals surface area (Å²) < 4.78 is 5.08. The first kappa shape index (κ1) is 9.15. The van der Waals surface area contributed by atoms with Crippen LogP contribution in [0.3, 0.4) is 0 Å². The number of carbonyl (C=O) groups excluding carboxylic acids is 2. The molecule has 2 saturated carbocycles. The molecule has 3 fully saturated rings. The Bertz CT molecular complexity index is 352. The average molecular weight is 211 g/mol. The fourth-order valence-electron chi connectivity index (χ4n) is 3.57. The third-order valence-corrected chi connectivity index (χ3v) is 4.17. The fraction of sp³-hybridized carbons (Fsp3) is 0.800. The van der Waals surface area contributed by atoms with E-state index in [4.69, 9.17) is 4.74 Å². The first-order valence-electron chi connectivity index (χ1n) is 5.15. The number of hydrogen-bond acceptors (Lipinski definition) is 5. The molecule has 15 heavy (non-hydrogen) atoms. The Morgan fingerprint density at radius 2 is 2.33 bits per heavy atom. The molecule has 3 rings (SSSR count). The Morgan fingerprint density at radius 1 is 1.60 bits per heavy atom. The zero-order valence-electron chi connectivity index (χ0n) is 8.01. The molecule has 1 heterocycles. The van der Waals surface area contributed by atoms with Gasteiger partial charge in [0, 0.05) is 18.3 Å². The topological polar surface area (TPSA) is 86.7 Å². The summed E-state index contributed by atoms with van der Waals surface area (Å²) in [6.45, 7) is 0. The van der Waals surface area contributed by atoms with Crippen LogP contribution in [0.2, 0.25) is 0 Å². The summed E-state index contributed by atoms with van der Waals surface area (Å²) in [4.78, 5) is 22.0. The van der Waals surface area contributed by atoms with Gasteiger partial charge in [-0.15, -0.1) is 0 Å². The zero-order valence-corrected chi connectivity index (χ0v) is 8.01. The van der Waals surface area contributed by atoms with Gasteiger partial charge in [0.2, 0.25) is 0 Å². The minimum atomic E-state index is -1.38. The van der Waals surface area contributed by atoms with Gasteiger partial charge in [-0.1, -0.05) is 0 Å². The molecule has 1 saturated heterocycles. The van der Waals surface area contributed by atoms with Crippen molar-refractivity contribution in [3.05, 3.63) is 0 Å². The highest BCUT2D eigenvalue weighted by Crippen LogP contribution is 2.60. The van der Waals surface area contributed by atoms with Gasteiger partial charge in [-0.05, 0) is 18.8 Å². The summed E-state index contributed by atoms with van der Waals surface area (Å²) in [5, 5.41) is 20.8. The van der Waals surface area contributed by atoms with E-state index in [1.165, 1.54) is 0 Å². The number of rotatable bonds is 2. The van der Waals surface area contributed by atoms with E-state index in [1.54, 1.807) is 0 Å². The summed E-state index contributed by atoms with van der Waals surface area (Å²) in [5.74, 6) is -1.78. The van der Waals surface area contributed by atoms with Gasteiger partial charge in [0.05, 0.1) is 5.92 Å². The van der Waals surface area contributed by atoms with Crippen LogP contribution in [0, 0.1) is 17.8 Å². The number of carboxylic acids is 1. The van der Waals surface area contributed by atoms with E-state index in [2.05, 4.69) is 0 Å². The lowest BCUT2D eigenvalue weighted by Gasteiger charge is -2.35. The monoisotopic (exact) mass is 211 g/mol. The minimum absolute atomic E-state index is 0.0202. The molecular formula is C10H11O5-. The number of esters is 1. The number of aliphatic carboxylic acids is 1. The number of carbonyl (C=O) groups is 2. The number of ether oxygens (including phenoxy) is 1. The molecule has 5 heteroatoms. The van der Waals surface area contributed by atoms with Crippen LogP contribution in [-0.2, 0) is 14.3 Å². The van der Waals surface area contributed by atoms with Crippen LogP contribution < -0.4 is 5.11 Å². The first-order chi connectivity index (χ1) is 7.02. The molecule has 1 aliphatic heterocycles. The number of carboxylic acid groups (broad SMARTS) is 1. The van der Waals surface area contributed by atoms with Crippen molar-refractivity contribution in [2.45, 2.75) is 31.0 Å². The van der Waals surface area contributed by atoms with Gasteiger partial charge in [0.25, 0.3) is 0 Å². The third-order valence-electron chi connectivity index (χ3n) is 4.17. The number of aliphatic hydroxyl groups is 1. The highest BCUT2D eigenvalue weighted by molar-refractivity contribution is 5.77. The van der Waals surface area contributed by atoms with Crippen molar-refractivity contribution in [1.29, 1.82) is 0 Å². The lowest BCUT2D eigenvalue weighted by molar-refractivity contribution is -0.311. The Kier molecular flexibility index (Phi) is 1.54. The van der Waals surface area contributed by atoms with Crippen LogP contribution >= 0.6 is 0 Å². The van der Waals surface area contributed by atoms with E-state index in [-0.39, 0.29) is 23.7 Å². The fourth-order valence-corrected chi connectivity index (χ4v) is 3.57. The second kappa shape index (κ2) is 2.52. The predicted octanol–water partition coefficient (Wildman–Crippen LogP) is -1.56. The van der Waals surface area contributed by atoms with Crippen molar-refractivity contribution in [3.8, 4) is 0 Å². The second-order valence-electron chi connectivity index (χ2n) is 4.84. The Hall–Kier alpha value is -1.10. The minimum Gasteiger partial charge on any atom is -0.550 e. The standard InChI is InChI=1S/C10H12O5/c11-7(12)3-10(14)4-1-5-6(2-4)9(13)15-8(5)10/h4-6,8,14H,1-3H2,(H,11,12)/p-1. The van der Waals surface area contributed by atoms with Crippen LogP contribution in [0.5, 0.6) is 0 Å². The van der Waals surface area contributed by atoms with Crippen LogP contribution in [0.15, 0.2) is 0 Å². The van der Waals surface area contributed by atoms with Crippen molar-refractivity contribution >= 4 is 11.9 Å². The Morgan fingerprint density at radius 3 is 3.00 bits per heavy atom. The predicted molar refractivity (Wildman–Crippen MR) is 44.2 cm³/mol. The van der Waals surface area contributed by atoms with Crippen LogP contribution in [-0.4, -0.2) is 28.8 Å². The van der Waals surface area contributed by atoms with E-state index >= 15 is 0 Å². The van der Waals surface area contributed by atoms with Crippen molar-refractivity contribution < 1.29 is 24.5 Å². The van der Waals surface area contributed by atoms with E-state index in [0.29, 0.717) is 12.8 Å². The normalized spacial score (nSPS) is 50.9. The maximum atomic E-state index is 11.4. The molecular weight excluding hydrogens is 200 g/mol. The number of hydrogen-bond donors (Lipinski definition) is 1. The third kappa shape index (κ3) is 0.963. The highest BCUT2D eigenvalue weighted by atomic mass is 16.6. The molecule has 0 radical (unpaired) electrons. The molecule has 0 aromatic heterocycles. The van der Waals surface area contributed by atoms with E-state index in [1.807, 2.05) is 0 Å². The molecule has 0 amide bonds.